The maximum Gasteiger partial charge on any atom is 0.339 e. The molecular formula is C15H19N3O3S. The lowest BCUT2D eigenvalue weighted by Crippen LogP contribution is -2.06. The Morgan fingerprint density at radius 1 is 1.36 bits per heavy atom. The van der Waals surface area contributed by atoms with Crippen LogP contribution in [0.5, 0.6) is 5.75 Å². The van der Waals surface area contributed by atoms with Crippen LogP contribution in [0.4, 0.5) is 0 Å². The van der Waals surface area contributed by atoms with Gasteiger partial charge in [-0.15, -0.1) is 10.2 Å². The van der Waals surface area contributed by atoms with Gasteiger partial charge in [-0.1, -0.05) is 30.8 Å². The summed E-state index contributed by atoms with van der Waals surface area (Å²) in [7, 11) is 1.95. The van der Waals surface area contributed by atoms with Gasteiger partial charge in [-0.3, -0.25) is 0 Å². The van der Waals surface area contributed by atoms with Crippen molar-refractivity contribution >= 4 is 17.7 Å². The SMILES string of the molecule is CCCc1nnc(SCCOc2ccccc2C(=O)O)n1C. The van der Waals surface area contributed by atoms with E-state index in [2.05, 4.69) is 17.1 Å². The molecule has 6 nitrogen and oxygen atoms in total. The van der Waals surface area contributed by atoms with E-state index in [1.807, 2.05) is 11.6 Å². The van der Waals surface area contributed by atoms with Gasteiger partial charge >= 0.3 is 5.97 Å². The summed E-state index contributed by atoms with van der Waals surface area (Å²) in [5.74, 6) is 1.05. The van der Waals surface area contributed by atoms with E-state index in [1.54, 1.807) is 30.0 Å². The van der Waals surface area contributed by atoms with Crippen LogP contribution < -0.4 is 4.74 Å². The molecule has 0 radical (unpaired) electrons. The van der Waals surface area contributed by atoms with Crippen LogP contribution in [-0.2, 0) is 13.5 Å². The molecule has 2 rings (SSSR count). The van der Waals surface area contributed by atoms with Crippen LogP contribution in [0.25, 0.3) is 0 Å². The average molecular weight is 321 g/mol. The highest BCUT2D eigenvalue weighted by molar-refractivity contribution is 7.99. The van der Waals surface area contributed by atoms with Crippen LogP contribution in [0, 0.1) is 0 Å². The molecule has 0 spiro atoms. The maximum absolute atomic E-state index is 11.1. The molecule has 2 aromatic rings. The smallest absolute Gasteiger partial charge is 0.339 e. The molecule has 7 heteroatoms. The molecule has 0 bridgehead atoms. The largest absolute Gasteiger partial charge is 0.492 e. The highest BCUT2D eigenvalue weighted by atomic mass is 32.2. The van der Waals surface area contributed by atoms with Gasteiger partial charge in [0, 0.05) is 19.2 Å². The number of nitrogens with zero attached hydrogens (tertiary/aromatic N) is 3. The van der Waals surface area contributed by atoms with Crippen molar-refractivity contribution in [2.24, 2.45) is 7.05 Å². The fourth-order valence-corrected chi connectivity index (χ4v) is 2.71. The van der Waals surface area contributed by atoms with Crippen molar-refractivity contribution in [3.8, 4) is 5.75 Å². The molecule has 0 unspecified atom stereocenters. The molecule has 0 aliphatic carbocycles. The van der Waals surface area contributed by atoms with E-state index in [-0.39, 0.29) is 5.56 Å². The Hall–Kier alpha value is -2.02. The fourth-order valence-electron chi connectivity index (χ4n) is 1.97. The molecule has 1 aromatic carbocycles. The first kappa shape index (κ1) is 16.4. The molecule has 1 N–H and O–H groups in total. The van der Waals surface area contributed by atoms with Crippen molar-refractivity contribution in [1.29, 1.82) is 0 Å². The summed E-state index contributed by atoms with van der Waals surface area (Å²) in [6.07, 6.45) is 1.94. The summed E-state index contributed by atoms with van der Waals surface area (Å²) in [6, 6.07) is 6.63. The standard InChI is InChI=1S/C15H19N3O3S/c1-3-6-13-16-17-15(18(13)2)22-10-9-21-12-8-5-4-7-11(12)14(19)20/h4-5,7-8H,3,6,9-10H2,1-2H3,(H,19,20). The highest BCUT2D eigenvalue weighted by Gasteiger charge is 2.11. The molecule has 0 aliphatic heterocycles. The Labute approximate surface area is 133 Å². The van der Waals surface area contributed by atoms with E-state index in [1.165, 1.54) is 6.07 Å². The Bertz CT molecular complexity index is 643. The van der Waals surface area contributed by atoms with E-state index in [0.29, 0.717) is 18.1 Å². The lowest BCUT2D eigenvalue weighted by molar-refractivity contribution is 0.0692. The van der Waals surface area contributed by atoms with Gasteiger partial charge in [0.15, 0.2) is 5.16 Å². The van der Waals surface area contributed by atoms with E-state index < -0.39 is 5.97 Å². The molecule has 0 atom stereocenters. The van der Waals surface area contributed by atoms with Gasteiger partial charge in [-0.25, -0.2) is 4.79 Å². The summed E-state index contributed by atoms with van der Waals surface area (Å²) in [5, 5.41) is 18.2. The minimum absolute atomic E-state index is 0.177. The van der Waals surface area contributed by atoms with Gasteiger partial charge < -0.3 is 14.4 Å². The first-order chi connectivity index (χ1) is 10.6. The molecule has 0 saturated carbocycles. The molecule has 22 heavy (non-hydrogen) atoms. The lowest BCUT2D eigenvalue weighted by atomic mass is 10.2. The normalized spacial score (nSPS) is 10.6. The van der Waals surface area contributed by atoms with Gasteiger partial charge in [0.1, 0.15) is 17.1 Å². The summed E-state index contributed by atoms with van der Waals surface area (Å²) in [6.45, 7) is 2.51. The molecule has 0 amide bonds. The Morgan fingerprint density at radius 2 is 2.14 bits per heavy atom. The third kappa shape index (κ3) is 4.00. The highest BCUT2D eigenvalue weighted by Crippen LogP contribution is 2.20. The number of carboxylic acids is 1. The lowest BCUT2D eigenvalue weighted by Gasteiger charge is -2.08. The number of para-hydroxylation sites is 1. The van der Waals surface area contributed by atoms with Crippen molar-refractivity contribution in [3.63, 3.8) is 0 Å². The van der Waals surface area contributed by atoms with Gasteiger partial charge in [-0.05, 0) is 18.6 Å². The Kier molecular flexibility index (Phi) is 5.83. The quantitative estimate of drug-likeness (QED) is 0.595. The first-order valence-corrected chi connectivity index (χ1v) is 8.08. The van der Waals surface area contributed by atoms with Crippen LogP contribution in [-0.4, -0.2) is 38.2 Å². The second-order valence-electron chi connectivity index (χ2n) is 4.71. The third-order valence-corrected chi connectivity index (χ3v) is 4.07. The molecule has 0 fully saturated rings. The molecule has 0 aliphatic rings. The second-order valence-corrected chi connectivity index (χ2v) is 5.77. The molecule has 1 heterocycles. The predicted octanol–water partition coefficient (Wildman–Crippen LogP) is 2.64. The van der Waals surface area contributed by atoms with Gasteiger partial charge in [0.05, 0.1) is 6.61 Å². The molecule has 118 valence electrons. The third-order valence-electron chi connectivity index (χ3n) is 3.09. The number of thioether (sulfide) groups is 1. The Balaban J connectivity index is 1.86. The minimum atomic E-state index is -0.985. The van der Waals surface area contributed by atoms with Crippen LogP contribution in [0.15, 0.2) is 29.4 Å². The van der Waals surface area contributed by atoms with Gasteiger partial charge in [-0.2, -0.15) is 0 Å². The number of hydrogen-bond acceptors (Lipinski definition) is 5. The van der Waals surface area contributed by atoms with Crippen molar-refractivity contribution < 1.29 is 14.6 Å². The van der Waals surface area contributed by atoms with Crippen molar-refractivity contribution in [2.75, 3.05) is 12.4 Å². The molecule has 1 aromatic heterocycles. The average Bonchev–Trinajstić information content (AvgIpc) is 2.85. The number of aromatic nitrogens is 3. The molecular weight excluding hydrogens is 302 g/mol. The van der Waals surface area contributed by atoms with E-state index in [4.69, 9.17) is 9.84 Å². The van der Waals surface area contributed by atoms with Crippen LogP contribution in [0.3, 0.4) is 0 Å². The zero-order valence-corrected chi connectivity index (χ0v) is 13.5. The summed E-state index contributed by atoms with van der Waals surface area (Å²) >= 11 is 1.54. The summed E-state index contributed by atoms with van der Waals surface area (Å²) in [5.41, 5.74) is 0.177. The Morgan fingerprint density at radius 3 is 2.86 bits per heavy atom. The van der Waals surface area contributed by atoms with E-state index in [9.17, 15) is 4.79 Å². The number of aryl methyl sites for hydroxylation is 1. The van der Waals surface area contributed by atoms with E-state index >= 15 is 0 Å². The van der Waals surface area contributed by atoms with Crippen LogP contribution >= 0.6 is 11.8 Å². The van der Waals surface area contributed by atoms with Crippen molar-refractivity contribution in [1.82, 2.24) is 14.8 Å². The van der Waals surface area contributed by atoms with Crippen molar-refractivity contribution in [2.45, 2.75) is 24.9 Å². The fraction of sp³-hybridized carbons (Fsp3) is 0.400. The van der Waals surface area contributed by atoms with Gasteiger partial charge in [0.25, 0.3) is 0 Å². The number of carboxylic acid groups (broad SMARTS) is 1. The number of aromatic carboxylic acids is 1. The maximum atomic E-state index is 11.1. The monoisotopic (exact) mass is 321 g/mol. The van der Waals surface area contributed by atoms with Gasteiger partial charge in [0.2, 0.25) is 0 Å². The topological polar surface area (TPSA) is 77.2 Å². The first-order valence-electron chi connectivity index (χ1n) is 7.09. The predicted molar refractivity (Wildman–Crippen MR) is 84.6 cm³/mol. The van der Waals surface area contributed by atoms with Crippen LogP contribution in [0.1, 0.15) is 29.5 Å². The number of carbonyl (C=O) groups is 1. The number of hydrogen-bond donors (Lipinski definition) is 1. The number of benzene rings is 1. The summed E-state index contributed by atoms with van der Waals surface area (Å²) < 4.78 is 7.54. The van der Waals surface area contributed by atoms with Crippen LogP contribution in [0.2, 0.25) is 0 Å². The van der Waals surface area contributed by atoms with E-state index in [0.717, 1.165) is 23.8 Å². The summed E-state index contributed by atoms with van der Waals surface area (Å²) in [4.78, 5) is 11.1. The zero-order valence-electron chi connectivity index (χ0n) is 12.7. The number of ether oxygens (including phenoxy) is 1. The molecule has 0 saturated heterocycles. The zero-order chi connectivity index (χ0) is 15.9. The second kappa shape index (κ2) is 7.84. The number of rotatable bonds is 8. The minimum Gasteiger partial charge on any atom is -0.492 e. The van der Waals surface area contributed by atoms with Crippen molar-refractivity contribution in [3.05, 3.63) is 35.7 Å².